The van der Waals surface area contributed by atoms with Crippen LogP contribution in [-0.4, -0.2) is 24.2 Å². The topological polar surface area (TPSA) is 44.2 Å². The van der Waals surface area contributed by atoms with Gasteiger partial charge in [-0.2, -0.15) is 4.98 Å². The third-order valence-corrected chi connectivity index (χ3v) is 2.54. The van der Waals surface area contributed by atoms with Crippen LogP contribution in [0.25, 0.3) is 11.1 Å². The summed E-state index contributed by atoms with van der Waals surface area (Å²) in [6.07, 6.45) is 1.72. The second-order valence-electron chi connectivity index (χ2n) is 3.59. The molecule has 2 rings (SSSR count). The van der Waals surface area contributed by atoms with Crippen molar-refractivity contribution in [3.63, 3.8) is 0 Å². The zero-order chi connectivity index (χ0) is 12.3. The highest BCUT2D eigenvalue weighted by Gasteiger charge is 2.11. The average Bonchev–Trinajstić information content (AvgIpc) is 2.38. The Kier molecular flexibility index (Phi) is 3.23. The lowest BCUT2D eigenvalue weighted by molar-refractivity contribution is 0.353. The van der Waals surface area contributed by atoms with Crippen LogP contribution in [0.3, 0.4) is 0 Å². The molecule has 4 nitrogen and oxygen atoms in total. The number of benzene rings is 1. The van der Waals surface area contributed by atoms with E-state index in [1.165, 1.54) is 7.11 Å². The predicted octanol–water partition coefficient (Wildman–Crippen LogP) is 2.47. The fourth-order valence-electron chi connectivity index (χ4n) is 1.66. The first-order chi connectivity index (χ1) is 8.26. The van der Waals surface area contributed by atoms with Crippen LogP contribution < -0.4 is 9.47 Å². The van der Waals surface area contributed by atoms with Crippen molar-refractivity contribution in [3.8, 4) is 23.0 Å². The summed E-state index contributed by atoms with van der Waals surface area (Å²) in [6.45, 7) is 2.04. The molecular formula is C13H14N2O2. The molecule has 2 aromatic rings. The van der Waals surface area contributed by atoms with Crippen molar-refractivity contribution in [2.75, 3.05) is 14.2 Å². The van der Waals surface area contributed by atoms with Crippen LogP contribution in [-0.2, 0) is 0 Å². The van der Waals surface area contributed by atoms with E-state index in [1.54, 1.807) is 13.3 Å². The van der Waals surface area contributed by atoms with Crippen molar-refractivity contribution in [1.82, 2.24) is 9.97 Å². The maximum absolute atomic E-state index is 5.27. The lowest BCUT2D eigenvalue weighted by atomic mass is 10.0. The molecule has 4 heteroatoms. The van der Waals surface area contributed by atoms with E-state index < -0.39 is 0 Å². The molecule has 1 aromatic carbocycles. The van der Waals surface area contributed by atoms with Crippen LogP contribution in [0.2, 0.25) is 0 Å². The first-order valence-corrected chi connectivity index (χ1v) is 5.27. The van der Waals surface area contributed by atoms with Gasteiger partial charge in [0.25, 0.3) is 0 Å². The first kappa shape index (κ1) is 11.4. The number of nitrogens with zero attached hydrogens (tertiary/aromatic N) is 2. The van der Waals surface area contributed by atoms with Gasteiger partial charge in [0, 0.05) is 6.20 Å². The van der Waals surface area contributed by atoms with Gasteiger partial charge < -0.3 is 9.47 Å². The van der Waals surface area contributed by atoms with Crippen LogP contribution in [0.1, 0.15) is 5.56 Å². The highest BCUT2D eigenvalue weighted by Crippen LogP contribution is 2.30. The summed E-state index contributed by atoms with van der Waals surface area (Å²) in [4.78, 5) is 8.28. The van der Waals surface area contributed by atoms with Gasteiger partial charge in [-0.3, -0.25) is 0 Å². The zero-order valence-electron chi connectivity index (χ0n) is 10.1. The third-order valence-electron chi connectivity index (χ3n) is 2.54. The molecule has 0 aliphatic carbocycles. The molecule has 0 amide bonds. The maximum Gasteiger partial charge on any atom is 0.319 e. The molecule has 88 valence electrons. The molecule has 0 aliphatic rings. The molecule has 17 heavy (non-hydrogen) atoms. The third kappa shape index (κ3) is 2.20. The smallest absolute Gasteiger partial charge is 0.319 e. The van der Waals surface area contributed by atoms with E-state index in [0.717, 1.165) is 16.7 Å². The van der Waals surface area contributed by atoms with Crippen LogP contribution in [0, 0.1) is 6.92 Å². The van der Waals surface area contributed by atoms with E-state index in [9.17, 15) is 0 Å². The highest BCUT2D eigenvalue weighted by atomic mass is 16.5. The van der Waals surface area contributed by atoms with Gasteiger partial charge in [0.2, 0.25) is 5.88 Å². The summed E-state index contributed by atoms with van der Waals surface area (Å²) in [6, 6.07) is 8.34. The maximum atomic E-state index is 5.27. The average molecular weight is 230 g/mol. The number of methoxy groups -OCH3 is 2. The Morgan fingerprint density at radius 2 is 1.76 bits per heavy atom. The summed E-state index contributed by atoms with van der Waals surface area (Å²) < 4.78 is 10.2. The quantitative estimate of drug-likeness (QED) is 0.812. The molecule has 0 N–H and O–H groups in total. The summed E-state index contributed by atoms with van der Waals surface area (Å²) in [5, 5.41) is 0. The second kappa shape index (κ2) is 4.82. The van der Waals surface area contributed by atoms with E-state index in [-0.39, 0.29) is 0 Å². The fraction of sp³-hybridized carbons (Fsp3) is 0.231. The Hall–Kier alpha value is -2.10. The molecule has 0 fully saturated rings. The Balaban J connectivity index is 2.56. The molecule has 1 heterocycles. The second-order valence-corrected chi connectivity index (χ2v) is 3.59. The zero-order valence-corrected chi connectivity index (χ0v) is 10.1. The van der Waals surface area contributed by atoms with Gasteiger partial charge in [0.1, 0.15) is 0 Å². The fourth-order valence-corrected chi connectivity index (χ4v) is 1.66. The molecule has 0 unspecified atom stereocenters. The summed E-state index contributed by atoms with van der Waals surface area (Å²) in [5.41, 5.74) is 3.08. The number of ether oxygens (including phenoxy) is 2. The number of rotatable bonds is 3. The molecule has 0 saturated carbocycles. The van der Waals surface area contributed by atoms with Gasteiger partial charge in [0.15, 0.2) is 0 Å². The van der Waals surface area contributed by atoms with Gasteiger partial charge in [0.05, 0.1) is 19.8 Å². The Morgan fingerprint density at radius 1 is 1.00 bits per heavy atom. The van der Waals surface area contributed by atoms with Crippen molar-refractivity contribution < 1.29 is 9.47 Å². The van der Waals surface area contributed by atoms with Crippen molar-refractivity contribution >= 4 is 0 Å². The Labute approximate surface area is 100 Å². The standard InChI is InChI=1S/C13H14N2O2/c1-9-6-4-5-7-10(9)11-8-14-13(17-3)15-12(11)16-2/h4-8H,1-3H3. The minimum Gasteiger partial charge on any atom is -0.480 e. The lowest BCUT2D eigenvalue weighted by Gasteiger charge is -2.10. The monoisotopic (exact) mass is 230 g/mol. The van der Waals surface area contributed by atoms with Crippen molar-refractivity contribution in [2.24, 2.45) is 0 Å². The van der Waals surface area contributed by atoms with Crippen LogP contribution >= 0.6 is 0 Å². The van der Waals surface area contributed by atoms with Crippen molar-refractivity contribution in [1.29, 1.82) is 0 Å². The van der Waals surface area contributed by atoms with Crippen molar-refractivity contribution in [3.05, 3.63) is 36.0 Å². The Morgan fingerprint density at radius 3 is 2.41 bits per heavy atom. The molecule has 0 spiro atoms. The molecule has 0 saturated heterocycles. The lowest BCUT2D eigenvalue weighted by Crippen LogP contribution is -1.98. The molecule has 0 bridgehead atoms. The molecule has 0 aliphatic heterocycles. The van der Waals surface area contributed by atoms with E-state index in [4.69, 9.17) is 9.47 Å². The van der Waals surface area contributed by atoms with E-state index in [2.05, 4.69) is 9.97 Å². The number of hydrogen-bond donors (Lipinski definition) is 0. The molecule has 0 atom stereocenters. The van der Waals surface area contributed by atoms with Crippen LogP contribution in [0.5, 0.6) is 11.9 Å². The van der Waals surface area contributed by atoms with Gasteiger partial charge >= 0.3 is 6.01 Å². The molecule has 1 aromatic heterocycles. The minimum absolute atomic E-state index is 0.305. The van der Waals surface area contributed by atoms with E-state index in [1.807, 2.05) is 31.2 Å². The van der Waals surface area contributed by atoms with E-state index in [0.29, 0.717) is 11.9 Å². The predicted molar refractivity (Wildman–Crippen MR) is 65.3 cm³/mol. The van der Waals surface area contributed by atoms with Crippen molar-refractivity contribution in [2.45, 2.75) is 6.92 Å². The first-order valence-electron chi connectivity index (χ1n) is 5.27. The van der Waals surface area contributed by atoms with Crippen LogP contribution in [0.15, 0.2) is 30.5 Å². The van der Waals surface area contributed by atoms with Gasteiger partial charge in [-0.15, -0.1) is 0 Å². The highest BCUT2D eigenvalue weighted by molar-refractivity contribution is 5.70. The summed E-state index contributed by atoms with van der Waals surface area (Å²) in [7, 11) is 3.12. The normalized spacial score (nSPS) is 10.1. The summed E-state index contributed by atoms with van der Waals surface area (Å²) >= 11 is 0. The van der Waals surface area contributed by atoms with Gasteiger partial charge in [-0.25, -0.2) is 4.98 Å². The SMILES string of the molecule is COc1ncc(-c2ccccc2C)c(OC)n1. The molecule has 0 radical (unpaired) electrons. The van der Waals surface area contributed by atoms with Crippen LogP contribution in [0.4, 0.5) is 0 Å². The summed E-state index contributed by atoms with van der Waals surface area (Å²) in [5.74, 6) is 0.520. The molecular weight excluding hydrogens is 216 g/mol. The number of aryl methyl sites for hydroxylation is 1. The van der Waals surface area contributed by atoms with E-state index >= 15 is 0 Å². The largest absolute Gasteiger partial charge is 0.480 e. The minimum atomic E-state index is 0.305. The van der Waals surface area contributed by atoms with Gasteiger partial charge in [-0.1, -0.05) is 24.3 Å². The Bertz CT molecular complexity index is 527. The number of aromatic nitrogens is 2. The van der Waals surface area contributed by atoms with Gasteiger partial charge in [-0.05, 0) is 18.1 Å². The number of hydrogen-bond acceptors (Lipinski definition) is 4.